The maximum Gasteiger partial charge on any atom is 0.164 e. The molecular weight excluding hydrogens is 659 g/mol. The second-order valence-electron chi connectivity index (χ2n) is 13.7. The first kappa shape index (κ1) is 30.3. The van der Waals surface area contributed by atoms with Crippen LogP contribution in [-0.2, 0) is 0 Å². The summed E-state index contributed by atoms with van der Waals surface area (Å²) in [6.07, 6.45) is 0. The lowest BCUT2D eigenvalue weighted by molar-refractivity contribution is 1.07. The predicted octanol–water partition coefficient (Wildman–Crippen LogP) is 12.2. The number of hydrogen-bond acceptors (Lipinski definition) is 3. The molecule has 252 valence electrons. The van der Waals surface area contributed by atoms with Crippen molar-refractivity contribution in [2.45, 2.75) is 0 Å². The van der Waals surface area contributed by atoms with Crippen molar-refractivity contribution in [3.05, 3.63) is 188 Å². The van der Waals surface area contributed by atoms with Crippen LogP contribution in [0.5, 0.6) is 0 Å². The summed E-state index contributed by atoms with van der Waals surface area (Å²) in [6, 6.07) is 66.3. The lowest BCUT2D eigenvalue weighted by Gasteiger charge is -2.12. The molecule has 0 saturated heterocycles. The molecule has 54 heavy (non-hydrogen) atoms. The van der Waals surface area contributed by atoms with Gasteiger partial charge in [-0.15, -0.1) is 0 Å². The van der Waals surface area contributed by atoms with Crippen LogP contribution in [0.2, 0.25) is 0 Å². The van der Waals surface area contributed by atoms with Crippen molar-refractivity contribution in [1.82, 2.24) is 24.1 Å². The SMILES string of the molecule is c1ccc(-c2nc(-c3ccccc3)nc(-c3ccc(-n4c5ccccc5c5ccc6cc7c(cc6c54)c4ccccc4n7-c4ccccc4)cc3)n2)cc1. The van der Waals surface area contributed by atoms with Crippen molar-refractivity contribution in [3.8, 4) is 45.5 Å². The monoisotopic (exact) mass is 689 g/mol. The molecule has 0 N–H and O–H groups in total. The Balaban J connectivity index is 1.12. The van der Waals surface area contributed by atoms with E-state index in [0.717, 1.165) is 33.6 Å². The highest BCUT2D eigenvalue weighted by Crippen LogP contribution is 2.41. The molecule has 3 heterocycles. The molecular formula is C49H31N5. The zero-order chi connectivity index (χ0) is 35.6. The van der Waals surface area contributed by atoms with Gasteiger partial charge < -0.3 is 9.13 Å². The normalized spacial score (nSPS) is 11.7. The molecule has 0 amide bonds. The van der Waals surface area contributed by atoms with Crippen molar-refractivity contribution in [2.75, 3.05) is 0 Å². The largest absolute Gasteiger partial charge is 0.309 e. The first-order chi connectivity index (χ1) is 26.8. The van der Waals surface area contributed by atoms with E-state index in [1.165, 1.54) is 48.9 Å². The van der Waals surface area contributed by atoms with Gasteiger partial charge in [0.2, 0.25) is 0 Å². The lowest BCUT2D eigenvalue weighted by Crippen LogP contribution is -2.00. The molecule has 0 saturated carbocycles. The van der Waals surface area contributed by atoms with Crippen molar-refractivity contribution < 1.29 is 0 Å². The summed E-state index contributed by atoms with van der Waals surface area (Å²) in [4.78, 5) is 14.8. The van der Waals surface area contributed by atoms with E-state index in [9.17, 15) is 0 Å². The molecule has 0 aliphatic heterocycles. The standard InChI is InChI=1S/C49H31N5/c1-4-14-32(15-5-1)47-50-48(33-16-6-2-7-17-33)52-49(51-47)34-24-27-37(28-25-34)54-44-23-13-10-20-38(44)40-29-26-35-30-45-42(31-41(35)46(40)54)39-21-11-12-22-43(39)53(45)36-18-8-3-9-19-36/h1-31H. The topological polar surface area (TPSA) is 48.5 Å². The summed E-state index contributed by atoms with van der Waals surface area (Å²) in [5.41, 5.74) is 9.81. The maximum atomic E-state index is 4.98. The first-order valence-corrected chi connectivity index (χ1v) is 18.2. The van der Waals surface area contributed by atoms with Gasteiger partial charge in [0, 0.05) is 55.0 Å². The van der Waals surface area contributed by atoms with Crippen LogP contribution in [0.15, 0.2) is 188 Å². The van der Waals surface area contributed by atoms with Gasteiger partial charge >= 0.3 is 0 Å². The quantitative estimate of drug-likeness (QED) is 0.181. The Morgan fingerprint density at radius 3 is 1.39 bits per heavy atom. The van der Waals surface area contributed by atoms with E-state index in [-0.39, 0.29) is 0 Å². The molecule has 0 aliphatic rings. The van der Waals surface area contributed by atoms with Crippen molar-refractivity contribution >= 4 is 54.4 Å². The fourth-order valence-electron chi connectivity index (χ4n) is 8.07. The molecule has 0 aliphatic carbocycles. The molecule has 0 unspecified atom stereocenters. The van der Waals surface area contributed by atoms with Gasteiger partial charge in [0.25, 0.3) is 0 Å². The van der Waals surface area contributed by atoms with Gasteiger partial charge in [-0.05, 0) is 66.0 Å². The third-order valence-electron chi connectivity index (χ3n) is 10.5. The molecule has 0 atom stereocenters. The minimum Gasteiger partial charge on any atom is -0.309 e. The zero-order valence-corrected chi connectivity index (χ0v) is 29.1. The van der Waals surface area contributed by atoms with E-state index in [2.05, 4.69) is 137 Å². The summed E-state index contributed by atoms with van der Waals surface area (Å²) >= 11 is 0. The van der Waals surface area contributed by atoms with E-state index in [1.54, 1.807) is 0 Å². The fraction of sp³-hybridized carbons (Fsp3) is 0. The Morgan fingerprint density at radius 2 is 0.778 bits per heavy atom. The van der Waals surface area contributed by atoms with E-state index >= 15 is 0 Å². The van der Waals surface area contributed by atoms with Crippen molar-refractivity contribution in [2.24, 2.45) is 0 Å². The maximum absolute atomic E-state index is 4.98. The third-order valence-corrected chi connectivity index (χ3v) is 10.5. The van der Waals surface area contributed by atoms with E-state index in [0.29, 0.717) is 17.5 Å². The Kier molecular flexibility index (Phi) is 6.79. The van der Waals surface area contributed by atoms with Crippen LogP contribution in [0.25, 0.3) is 99.9 Å². The molecule has 0 spiro atoms. The number of rotatable bonds is 5. The molecule has 8 aromatic carbocycles. The average Bonchev–Trinajstić information content (AvgIpc) is 3.76. The molecule has 3 aromatic heterocycles. The zero-order valence-electron chi connectivity index (χ0n) is 29.1. The Hall–Kier alpha value is -7.37. The Bertz CT molecular complexity index is 3120. The second-order valence-corrected chi connectivity index (χ2v) is 13.7. The van der Waals surface area contributed by atoms with Crippen LogP contribution < -0.4 is 0 Å². The highest BCUT2D eigenvalue weighted by atomic mass is 15.0. The number of aromatic nitrogens is 5. The molecule has 0 fully saturated rings. The molecule has 0 bridgehead atoms. The molecule has 5 heteroatoms. The molecule has 11 rings (SSSR count). The van der Waals surface area contributed by atoms with Gasteiger partial charge in [-0.2, -0.15) is 0 Å². The number of nitrogens with zero attached hydrogens (tertiary/aromatic N) is 5. The van der Waals surface area contributed by atoms with Crippen LogP contribution in [0.3, 0.4) is 0 Å². The number of para-hydroxylation sites is 3. The Morgan fingerprint density at radius 1 is 0.296 bits per heavy atom. The average molecular weight is 690 g/mol. The molecule has 11 aromatic rings. The van der Waals surface area contributed by atoms with E-state index < -0.39 is 0 Å². The summed E-state index contributed by atoms with van der Waals surface area (Å²) in [5.74, 6) is 1.94. The third kappa shape index (κ3) is 4.76. The lowest BCUT2D eigenvalue weighted by atomic mass is 10.0. The molecule has 5 nitrogen and oxygen atoms in total. The van der Waals surface area contributed by atoms with Crippen LogP contribution in [0.4, 0.5) is 0 Å². The minimum atomic E-state index is 0.638. The highest BCUT2D eigenvalue weighted by Gasteiger charge is 2.19. The van der Waals surface area contributed by atoms with Crippen LogP contribution >= 0.6 is 0 Å². The first-order valence-electron chi connectivity index (χ1n) is 18.2. The van der Waals surface area contributed by atoms with Crippen LogP contribution in [0.1, 0.15) is 0 Å². The molecule has 0 radical (unpaired) electrons. The number of benzene rings is 8. The van der Waals surface area contributed by atoms with Gasteiger partial charge in [0.15, 0.2) is 17.5 Å². The summed E-state index contributed by atoms with van der Waals surface area (Å²) < 4.78 is 4.80. The second kappa shape index (κ2) is 12.1. The summed E-state index contributed by atoms with van der Waals surface area (Å²) in [7, 11) is 0. The van der Waals surface area contributed by atoms with E-state index in [4.69, 9.17) is 15.0 Å². The number of hydrogen-bond donors (Lipinski definition) is 0. The van der Waals surface area contributed by atoms with Gasteiger partial charge in [-0.3, -0.25) is 0 Å². The highest BCUT2D eigenvalue weighted by molar-refractivity contribution is 6.22. The summed E-state index contributed by atoms with van der Waals surface area (Å²) in [5, 5.41) is 7.34. The minimum absolute atomic E-state index is 0.638. The fourth-order valence-corrected chi connectivity index (χ4v) is 8.07. The van der Waals surface area contributed by atoms with Gasteiger partial charge in [-0.1, -0.05) is 127 Å². The predicted molar refractivity (Wildman–Crippen MR) is 222 cm³/mol. The smallest absolute Gasteiger partial charge is 0.164 e. The summed E-state index contributed by atoms with van der Waals surface area (Å²) in [6.45, 7) is 0. The van der Waals surface area contributed by atoms with Crippen molar-refractivity contribution in [1.29, 1.82) is 0 Å². The van der Waals surface area contributed by atoms with Gasteiger partial charge in [-0.25, -0.2) is 15.0 Å². The van der Waals surface area contributed by atoms with Crippen LogP contribution in [-0.4, -0.2) is 24.1 Å². The van der Waals surface area contributed by atoms with E-state index in [1.807, 2.05) is 60.7 Å². The van der Waals surface area contributed by atoms with Gasteiger partial charge in [0.1, 0.15) is 0 Å². The van der Waals surface area contributed by atoms with Gasteiger partial charge in [0.05, 0.1) is 22.1 Å². The van der Waals surface area contributed by atoms with Crippen LogP contribution in [0, 0.1) is 0 Å². The Labute approximate surface area is 311 Å². The number of fused-ring (bicyclic) bond motifs is 8. The van der Waals surface area contributed by atoms with Crippen molar-refractivity contribution in [3.63, 3.8) is 0 Å².